The zero-order chi connectivity index (χ0) is 20.9. The molecule has 6 nitrogen and oxygen atoms in total. The average Bonchev–Trinajstić information content (AvgIpc) is 2.72. The number of para-hydroxylation sites is 1. The number of carboxylic acids is 1. The molecule has 0 saturated carbocycles. The Bertz CT molecular complexity index is 892. The highest BCUT2D eigenvalue weighted by atomic mass is 32.2. The number of hydrogen-bond acceptors (Lipinski definition) is 5. The van der Waals surface area contributed by atoms with Crippen molar-refractivity contribution in [3.63, 3.8) is 0 Å². The summed E-state index contributed by atoms with van der Waals surface area (Å²) in [6.07, 6.45) is 3.70. The molecule has 2 aromatic rings. The van der Waals surface area contributed by atoms with Crippen LogP contribution in [0, 0.1) is 11.3 Å². The highest BCUT2D eigenvalue weighted by Crippen LogP contribution is 2.33. The quantitative estimate of drug-likeness (QED) is 0.288. The maximum atomic E-state index is 12.5. The molecule has 0 radical (unpaired) electrons. The third kappa shape index (κ3) is 8.11. The van der Waals surface area contributed by atoms with Crippen LogP contribution in [0.5, 0.6) is 0 Å². The number of carboxylic acid groups (broad SMARTS) is 1. The fourth-order valence-electron chi connectivity index (χ4n) is 2.47. The Morgan fingerprint density at radius 3 is 2.48 bits per heavy atom. The zero-order valence-electron chi connectivity index (χ0n) is 15.9. The minimum absolute atomic E-state index is 0.0185. The molecule has 7 heteroatoms. The summed E-state index contributed by atoms with van der Waals surface area (Å²) < 4.78 is 0. The first kappa shape index (κ1) is 22.1. The lowest BCUT2D eigenvalue weighted by Gasteiger charge is -2.10. The van der Waals surface area contributed by atoms with Crippen LogP contribution in [-0.4, -0.2) is 23.5 Å². The molecule has 0 bridgehead atoms. The number of nitriles is 1. The van der Waals surface area contributed by atoms with E-state index in [4.69, 9.17) is 5.11 Å². The van der Waals surface area contributed by atoms with Crippen LogP contribution >= 0.6 is 11.8 Å². The highest BCUT2D eigenvalue weighted by molar-refractivity contribution is 7.99. The number of anilines is 1. The van der Waals surface area contributed by atoms with Gasteiger partial charge in [0.05, 0.1) is 5.69 Å². The molecule has 29 heavy (non-hydrogen) atoms. The Hall–Kier alpha value is -3.24. The summed E-state index contributed by atoms with van der Waals surface area (Å²) in [6, 6.07) is 19.2. The molecule has 0 aliphatic rings. The predicted molar refractivity (Wildman–Crippen MR) is 113 cm³/mol. The highest BCUT2D eigenvalue weighted by Gasteiger charge is 2.12. The number of hydrogen-bond donors (Lipinski definition) is 3. The summed E-state index contributed by atoms with van der Waals surface area (Å²) in [5, 5.41) is 23.6. The van der Waals surface area contributed by atoms with Crippen LogP contribution in [0.15, 0.2) is 76.2 Å². The van der Waals surface area contributed by atoms with Crippen LogP contribution in [-0.2, 0) is 9.59 Å². The van der Waals surface area contributed by atoms with E-state index in [-0.39, 0.29) is 12.0 Å². The van der Waals surface area contributed by atoms with Crippen LogP contribution in [0.2, 0.25) is 0 Å². The summed E-state index contributed by atoms with van der Waals surface area (Å²) in [7, 11) is 0. The molecule has 150 valence electrons. The van der Waals surface area contributed by atoms with Gasteiger partial charge in [0.2, 0.25) is 0 Å². The van der Waals surface area contributed by atoms with Crippen molar-refractivity contribution in [2.45, 2.75) is 35.5 Å². The molecule has 0 spiro atoms. The minimum Gasteiger partial charge on any atom is -0.481 e. The van der Waals surface area contributed by atoms with Gasteiger partial charge in [-0.3, -0.25) is 9.59 Å². The number of carbonyl (C=O) groups is 2. The second-order valence-electron chi connectivity index (χ2n) is 6.19. The normalized spacial score (nSPS) is 10.8. The van der Waals surface area contributed by atoms with Crippen molar-refractivity contribution in [2.75, 3.05) is 11.9 Å². The Kier molecular flexibility index (Phi) is 9.33. The van der Waals surface area contributed by atoms with Gasteiger partial charge < -0.3 is 15.7 Å². The molecule has 0 heterocycles. The van der Waals surface area contributed by atoms with E-state index in [9.17, 15) is 14.9 Å². The molecular formula is C22H23N3O3S. The van der Waals surface area contributed by atoms with Gasteiger partial charge in [0, 0.05) is 29.0 Å². The van der Waals surface area contributed by atoms with Crippen molar-refractivity contribution in [1.29, 1.82) is 5.26 Å². The number of nitrogens with zero attached hydrogens (tertiary/aromatic N) is 1. The molecular weight excluding hydrogens is 386 g/mol. The molecule has 0 aliphatic heterocycles. The standard InChI is InChI=1S/C22H23N3O3S/c23-15-17(16-24-14-8-2-5-13-21(26)27)22(28)25-19-11-6-7-12-20(19)29-18-9-3-1-4-10-18/h1,3-4,6-7,9-12,16,24H,2,5,8,13-14H2,(H,25,28)(H,26,27)/b17-16-. The fourth-order valence-corrected chi connectivity index (χ4v) is 3.39. The lowest BCUT2D eigenvalue weighted by Crippen LogP contribution is -2.17. The van der Waals surface area contributed by atoms with E-state index in [0.717, 1.165) is 22.6 Å². The average molecular weight is 410 g/mol. The molecule has 0 saturated heterocycles. The van der Waals surface area contributed by atoms with E-state index in [0.29, 0.717) is 18.7 Å². The first-order valence-electron chi connectivity index (χ1n) is 9.29. The number of aliphatic carboxylic acids is 1. The number of nitrogens with one attached hydrogen (secondary N) is 2. The monoisotopic (exact) mass is 409 g/mol. The van der Waals surface area contributed by atoms with Crippen molar-refractivity contribution < 1.29 is 14.7 Å². The van der Waals surface area contributed by atoms with Gasteiger partial charge in [-0.1, -0.05) is 48.5 Å². The van der Waals surface area contributed by atoms with E-state index in [2.05, 4.69) is 10.6 Å². The van der Waals surface area contributed by atoms with Gasteiger partial charge in [-0.25, -0.2) is 0 Å². The second-order valence-corrected chi connectivity index (χ2v) is 7.31. The smallest absolute Gasteiger partial charge is 0.303 e. The molecule has 0 atom stereocenters. The van der Waals surface area contributed by atoms with E-state index in [1.807, 2.05) is 54.6 Å². The number of unbranched alkanes of at least 4 members (excludes halogenated alkanes) is 2. The van der Waals surface area contributed by atoms with Crippen molar-refractivity contribution in [3.8, 4) is 6.07 Å². The van der Waals surface area contributed by atoms with Crippen molar-refractivity contribution in [1.82, 2.24) is 5.32 Å². The minimum atomic E-state index is -0.799. The Morgan fingerprint density at radius 1 is 1.03 bits per heavy atom. The lowest BCUT2D eigenvalue weighted by molar-refractivity contribution is -0.137. The largest absolute Gasteiger partial charge is 0.481 e. The summed E-state index contributed by atoms with van der Waals surface area (Å²) >= 11 is 1.53. The Morgan fingerprint density at radius 2 is 1.76 bits per heavy atom. The second kappa shape index (κ2) is 12.3. The third-order valence-corrected chi connectivity index (χ3v) is 5.01. The fraction of sp³-hybridized carbons (Fsp3) is 0.227. The van der Waals surface area contributed by atoms with E-state index < -0.39 is 11.9 Å². The summed E-state index contributed by atoms with van der Waals surface area (Å²) in [4.78, 5) is 24.9. The lowest BCUT2D eigenvalue weighted by atomic mass is 10.2. The first-order chi connectivity index (χ1) is 14.1. The van der Waals surface area contributed by atoms with Crippen LogP contribution < -0.4 is 10.6 Å². The molecule has 0 aliphatic carbocycles. The summed E-state index contributed by atoms with van der Waals surface area (Å²) in [5.41, 5.74) is 0.622. The maximum Gasteiger partial charge on any atom is 0.303 e. The van der Waals surface area contributed by atoms with Gasteiger partial charge in [0.15, 0.2) is 0 Å². The number of benzene rings is 2. The van der Waals surface area contributed by atoms with Gasteiger partial charge in [0.25, 0.3) is 5.91 Å². The van der Waals surface area contributed by atoms with Crippen LogP contribution in [0.25, 0.3) is 0 Å². The maximum absolute atomic E-state index is 12.5. The molecule has 2 rings (SSSR count). The van der Waals surface area contributed by atoms with E-state index >= 15 is 0 Å². The molecule has 3 N–H and O–H groups in total. The molecule has 1 amide bonds. The van der Waals surface area contributed by atoms with E-state index in [1.54, 1.807) is 6.07 Å². The zero-order valence-corrected chi connectivity index (χ0v) is 16.7. The number of amides is 1. The SMILES string of the molecule is N#C/C(=C/NCCCCCC(=O)O)C(=O)Nc1ccccc1Sc1ccccc1. The van der Waals surface area contributed by atoms with Gasteiger partial charge in [-0.2, -0.15) is 5.26 Å². The molecule has 0 fully saturated rings. The van der Waals surface area contributed by atoms with Crippen molar-refractivity contribution in [2.24, 2.45) is 0 Å². The number of carbonyl (C=O) groups excluding carboxylic acids is 1. The molecule has 2 aromatic carbocycles. The van der Waals surface area contributed by atoms with Crippen molar-refractivity contribution in [3.05, 3.63) is 66.4 Å². The molecule has 0 unspecified atom stereocenters. The van der Waals surface area contributed by atoms with Gasteiger partial charge in [-0.15, -0.1) is 0 Å². The molecule has 0 aromatic heterocycles. The van der Waals surface area contributed by atoms with Crippen LogP contribution in [0.4, 0.5) is 5.69 Å². The third-order valence-electron chi connectivity index (χ3n) is 3.93. The predicted octanol–water partition coefficient (Wildman–Crippen LogP) is 4.42. The van der Waals surface area contributed by atoms with Gasteiger partial charge in [0.1, 0.15) is 11.6 Å². The van der Waals surface area contributed by atoms with Crippen molar-refractivity contribution >= 4 is 29.3 Å². The summed E-state index contributed by atoms with van der Waals surface area (Å²) in [5.74, 6) is -1.28. The Labute approximate surface area is 174 Å². The summed E-state index contributed by atoms with van der Waals surface area (Å²) in [6.45, 7) is 0.568. The number of rotatable bonds is 11. The van der Waals surface area contributed by atoms with Crippen LogP contribution in [0.3, 0.4) is 0 Å². The van der Waals surface area contributed by atoms with E-state index in [1.165, 1.54) is 18.0 Å². The van der Waals surface area contributed by atoms with Gasteiger partial charge >= 0.3 is 5.97 Å². The first-order valence-corrected chi connectivity index (χ1v) is 10.1. The topological polar surface area (TPSA) is 102 Å². The Balaban J connectivity index is 1.91. The van der Waals surface area contributed by atoms with Gasteiger partial charge in [-0.05, 0) is 37.1 Å². The van der Waals surface area contributed by atoms with Crippen LogP contribution in [0.1, 0.15) is 25.7 Å².